The average Bonchev–Trinajstić information content (AvgIpc) is 2.79. The van der Waals surface area contributed by atoms with E-state index in [0.717, 1.165) is 16.8 Å². The van der Waals surface area contributed by atoms with Crippen LogP contribution in [0.25, 0.3) is 0 Å². The maximum Gasteiger partial charge on any atom is 0.308 e. The summed E-state index contributed by atoms with van der Waals surface area (Å²) in [5, 5.41) is 0. The predicted molar refractivity (Wildman–Crippen MR) is 51.9 cm³/mol. The van der Waals surface area contributed by atoms with Gasteiger partial charge in [-0.15, -0.1) is 0 Å². The van der Waals surface area contributed by atoms with Gasteiger partial charge in [0.1, 0.15) is 6.33 Å². The van der Waals surface area contributed by atoms with E-state index in [-0.39, 0.29) is 0 Å². The van der Waals surface area contributed by atoms with E-state index in [9.17, 15) is 8.42 Å². The SMILES string of the molecule is CN(CC1CC1)S(=O)(=O)n1ccnc1. The molecule has 2 rings (SSSR count). The Hall–Kier alpha value is -0.880. The lowest BCUT2D eigenvalue weighted by atomic mass is 10.4. The zero-order chi connectivity index (χ0) is 10.2. The van der Waals surface area contributed by atoms with Crippen LogP contribution in [0.3, 0.4) is 0 Å². The Morgan fingerprint density at radius 1 is 1.57 bits per heavy atom. The molecule has 0 spiro atoms. The van der Waals surface area contributed by atoms with Gasteiger partial charge < -0.3 is 0 Å². The maximum atomic E-state index is 11.8. The average molecular weight is 215 g/mol. The minimum absolute atomic E-state index is 0.554. The molecule has 0 aliphatic heterocycles. The van der Waals surface area contributed by atoms with Crippen molar-refractivity contribution in [2.75, 3.05) is 13.6 Å². The Morgan fingerprint density at radius 2 is 2.29 bits per heavy atom. The second-order valence-corrected chi connectivity index (χ2v) is 5.56. The van der Waals surface area contributed by atoms with Gasteiger partial charge in [-0.1, -0.05) is 0 Å². The van der Waals surface area contributed by atoms with Crippen LogP contribution in [-0.4, -0.2) is 35.3 Å². The minimum atomic E-state index is -3.36. The van der Waals surface area contributed by atoms with Crippen molar-refractivity contribution in [3.63, 3.8) is 0 Å². The molecule has 0 amide bonds. The molecule has 0 radical (unpaired) electrons. The lowest BCUT2D eigenvalue weighted by Crippen LogP contribution is -2.33. The first-order valence-corrected chi connectivity index (χ1v) is 5.95. The van der Waals surface area contributed by atoms with Crippen LogP contribution >= 0.6 is 0 Å². The van der Waals surface area contributed by atoms with Crippen LogP contribution in [0, 0.1) is 5.92 Å². The Labute approximate surface area is 83.5 Å². The van der Waals surface area contributed by atoms with E-state index >= 15 is 0 Å². The van der Waals surface area contributed by atoms with Crippen LogP contribution < -0.4 is 0 Å². The number of hydrogen-bond donors (Lipinski definition) is 0. The molecule has 1 heterocycles. The third-order valence-corrected chi connectivity index (χ3v) is 4.04. The largest absolute Gasteiger partial charge is 0.308 e. The van der Waals surface area contributed by atoms with Gasteiger partial charge in [0, 0.05) is 26.0 Å². The highest BCUT2D eigenvalue weighted by atomic mass is 32.2. The second kappa shape index (κ2) is 3.36. The molecule has 6 heteroatoms. The first-order valence-electron chi connectivity index (χ1n) is 4.55. The van der Waals surface area contributed by atoms with Gasteiger partial charge in [-0.2, -0.15) is 12.7 Å². The van der Waals surface area contributed by atoms with E-state index in [1.54, 1.807) is 7.05 Å². The molecule has 1 saturated carbocycles. The smallest absolute Gasteiger partial charge is 0.244 e. The Kier molecular flexibility index (Phi) is 2.32. The van der Waals surface area contributed by atoms with Crippen molar-refractivity contribution in [2.45, 2.75) is 12.8 Å². The maximum absolute atomic E-state index is 11.8. The molecule has 1 aromatic heterocycles. The van der Waals surface area contributed by atoms with Crippen molar-refractivity contribution in [1.29, 1.82) is 0 Å². The first-order chi connectivity index (χ1) is 6.60. The Balaban J connectivity index is 2.14. The van der Waals surface area contributed by atoms with Gasteiger partial charge in [0.15, 0.2) is 0 Å². The summed E-state index contributed by atoms with van der Waals surface area (Å²) < 4.78 is 26.1. The number of rotatable bonds is 4. The summed E-state index contributed by atoms with van der Waals surface area (Å²) in [5.41, 5.74) is 0. The lowest BCUT2D eigenvalue weighted by molar-refractivity contribution is 0.446. The van der Waals surface area contributed by atoms with Crippen LogP contribution in [0.2, 0.25) is 0 Å². The third-order valence-electron chi connectivity index (χ3n) is 2.35. The molecule has 0 unspecified atom stereocenters. The number of imidazole rings is 1. The molecule has 14 heavy (non-hydrogen) atoms. The normalized spacial score (nSPS) is 17.6. The molecule has 1 aromatic rings. The molecule has 0 aromatic carbocycles. The monoisotopic (exact) mass is 215 g/mol. The van der Waals surface area contributed by atoms with Crippen molar-refractivity contribution >= 4 is 10.2 Å². The van der Waals surface area contributed by atoms with Crippen molar-refractivity contribution in [3.8, 4) is 0 Å². The fraction of sp³-hybridized carbons (Fsp3) is 0.625. The zero-order valence-electron chi connectivity index (χ0n) is 8.00. The van der Waals surface area contributed by atoms with Crippen molar-refractivity contribution in [2.24, 2.45) is 5.92 Å². The quantitative estimate of drug-likeness (QED) is 0.726. The lowest BCUT2D eigenvalue weighted by Gasteiger charge is -2.16. The van der Waals surface area contributed by atoms with Gasteiger partial charge >= 0.3 is 10.2 Å². The topological polar surface area (TPSA) is 55.2 Å². The van der Waals surface area contributed by atoms with Crippen molar-refractivity contribution < 1.29 is 8.42 Å². The van der Waals surface area contributed by atoms with Gasteiger partial charge in [-0.3, -0.25) is 0 Å². The molecule has 0 N–H and O–H groups in total. The highest BCUT2D eigenvalue weighted by Gasteiger charge is 2.28. The standard InChI is InChI=1S/C8H13N3O2S/c1-10(6-8-2-3-8)14(12,13)11-5-4-9-7-11/h4-5,7-8H,2-3,6H2,1H3. The van der Waals surface area contributed by atoms with Gasteiger partial charge in [-0.05, 0) is 18.8 Å². The number of nitrogens with zero attached hydrogens (tertiary/aromatic N) is 3. The molecule has 78 valence electrons. The van der Waals surface area contributed by atoms with E-state index in [4.69, 9.17) is 0 Å². The van der Waals surface area contributed by atoms with Crippen LogP contribution in [0.1, 0.15) is 12.8 Å². The molecule has 1 fully saturated rings. The third kappa shape index (κ3) is 1.80. The van der Waals surface area contributed by atoms with Gasteiger partial charge in [0.2, 0.25) is 0 Å². The highest BCUT2D eigenvalue weighted by molar-refractivity contribution is 7.87. The Bertz CT molecular complexity index is 394. The van der Waals surface area contributed by atoms with Gasteiger partial charge in [-0.25, -0.2) is 8.96 Å². The summed E-state index contributed by atoms with van der Waals surface area (Å²) >= 11 is 0. The molecule has 0 atom stereocenters. The van der Waals surface area contributed by atoms with Crippen LogP contribution in [0.15, 0.2) is 18.7 Å². The second-order valence-electron chi connectivity index (χ2n) is 3.62. The molecule has 0 saturated heterocycles. The first kappa shape index (κ1) is 9.67. The van der Waals surface area contributed by atoms with E-state index in [1.165, 1.54) is 23.0 Å². The molecular formula is C8H13N3O2S. The predicted octanol–water partition coefficient (Wildman–Crippen LogP) is 0.318. The summed E-state index contributed by atoms with van der Waals surface area (Å²) in [6.07, 6.45) is 6.49. The number of hydrogen-bond acceptors (Lipinski definition) is 3. The van der Waals surface area contributed by atoms with Crippen molar-refractivity contribution in [3.05, 3.63) is 18.7 Å². The van der Waals surface area contributed by atoms with Crippen LogP contribution in [0.4, 0.5) is 0 Å². The summed E-state index contributed by atoms with van der Waals surface area (Å²) in [6, 6.07) is 0. The van der Waals surface area contributed by atoms with Crippen molar-refractivity contribution in [1.82, 2.24) is 13.3 Å². The molecule has 1 aliphatic rings. The van der Waals surface area contributed by atoms with Gasteiger partial charge in [0.25, 0.3) is 0 Å². The fourth-order valence-corrected chi connectivity index (χ4v) is 2.41. The Morgan fingerprint density at radius 3 is 2.79 bits per heavy atom. The summed E-state index contributed by atoms with van der Waals surface area (Å²) in [7, 11) is -1.76. The summed E-state index contributed by atoms with van der Waals surface area (Å²) in [4.78, 5) is 3.72. The molecule has 1 aliphatic carbocycles. The molecule has 5 nitrogen and oxygen atoms in total. The minimum Gasteiger partial charge on any atom is -0.244 e. The highest BCUT2D eigenvalue weighted by Crippen LogP contribution is 2.30. The molecule has 0 bridgehead atoms. The fourth-order valence-electron chi connectivity index (χ4n) is 1.30. The summed E-state index contributed by atoms with van der Waals surface area (Å²) in [5.74, 6) is 0.554. The van der Waals surface area contributed by atoms with E-state index in [2.05, 4.69) is 4.98 Å². The molecular weight excluding hydrogens is 202 g/mol. The van der Waals surface area contributed by atoms with E-state index < -0.39 is 10.2 Å². The van der Waals surface area contributed by atoms with E-state index in [1.807, 2.05) is 0 Å². The zero-order valence-corrected chi connectivity index (χ0v) is 8.81. The van der Waals surface area contributed by atoms with Crippen LogP contribution in [-0.2, 0) is 10.2 Å². The van der Waals surface area contributed by atoms with E-state index in [0.29, 0.717) is 12.5 Å². The van der Waals surface area contributed by atoms with Crippen LogP contribution in [0.5, 0.6) is 0 Å². The number of aromatic nitrogens is 2. The summed E-state index contributed by atoms with van der Waals surface area (Å²) in [6.45, 7) is 0.612. The van der Waals surface area contributed by atoms with Gasteiger partial charge in [0.05, 0.1) is 0 Å².